The molecular formula is C13H14ClN3O2S. The lowest BCUT2D eigenvalue weighted by Crippen LogP contribution is -2.13. The Morgan fingerprint density at radius 3 is 2.60 bits per heavy atom. The van der Waals surface area contributed by atoms with E-state index in [1.54, 1.807) is 12.1 Å². The summed E-state index contributed by atoms with van der Waals surface area (Å²) in [7, 11) is 0. The second kappa shape index (κ2) is 5.38. The normalized spacial score (nSPS) is 11.4. The number of hydrogen-bond donors (Lipinski definition) is 2. The molecule has 1 aromatic heterocycles. The molecule has 0 aliphatic heterocycles. The molecular weight excluding hydrogens is 298 g/mol. The SMILES string of the molecule is CC(C)(C)c1nsc(Nc2ccc(C(=O)O)c(Cl)c2)n1. The van der Waals surface area contributed by atoms with Crippen LogP contribution in [0.5, 0.6) is 0 Å². The largest absolute Gasteiger partial charge is 0.478 e. The van der Waals surface area contributed by atoms with Crippen molar-refractivity contribution >= 4 is 39.9 Å². The molecule has 2 N–H and O–H groups in total. The van der Waals surface area contributed by atoms with Gasteiger partial charge in [0.1, 0.15) is 5.82 Å². The maximum absolute atomic E-state index is 10.9. The molecule has 0 spiro atoms. The van der Waals surface area contributed by atoms with Gasteiger partial charge in [-0.3, -0.25) is 0 Å². The lowest BCUT2D eigenvalue weighted by atomic mass is 9.96. The van der Waals surface area contributed by atoms with Crippen molar-refractivity contribution in [1.82, 2.24) is 9.36 Å². The van der Waals surface area contributed by atoms with E-state index in [0.29, 0.717) is 10.8 Å². The predicted molar refractivity (Wildman–Crippen MR) is 80.3 cm³/mol. The molecule has 106 valence electrons. The lowest BCUT2D eigenvalue weighted by Gasteiger charge is -2.12. The maximum atomic E-state index is 10.9. The van der Waals surface area contributed by atoms with Crippen LogP contribution in [0.3, 0.4) is 0 Å². The molecule has 7 heteroatoms. The number of carboxylic acid groups (broad SMARTS) is 1. The van der Waals surface area contributed by atoms with E-state index in [1.165, 1.54) is 17.6 Å². The number of anilines is 2. The molecule has 0 atom stereocenters. The molecule has 0 unspecified atom stereocenters. The number of carbonyl (C=O) groups is 1. The van der Waals surface area contributed by atoms with Gasteiger partial charge in [-0.25, -0.2) is 9.78 Å². The van der Waals surface area contributed by atoms with E-state index in [1.807, 2.05) is 20.8 Å². The summed E-state index contributed by atoms with van der Waals surface area (Å²) >= 11 is 7.17. The molecule has 1 heterocycles. The van der Waals surface area contributed by atoms with Gasteiger partial charge in [-0.05, 0) is 18.2 Å². The maximum Gasteiger partial charge on any atom is 0.337 e. The zero-order valence-electron chi connectivity index (χ0n) is 11.3. The summed E-state index contributed by atoms with van der Waals surface area (Å²) in [4.78, 5) is 15.3. The van der Waals surface area contributed by atoms with E-state index in [4.69, 9.17) is 16.7 Å². The highest BCUT2D eigenvalue weighted by atomic mass is 35.5. The average Bonchev–Trinajstić information content (AvgIpc) is 2.76. The van der Waals surface area contributed by atoms with Gasteiger partial charge in [0, 0.05) is 22.6 Å². The van der Waals surface area contributed by atoms with Gasteiger partial charge in [0.25, 0.3) is 0 Å². The highest BCUT2D eigenvalue weighted by Crippen LogP contribution is 2.27. The van der Waals surface area contributed by atoms with Crippen LogP contribution in [0, 0.1) is 0 Å². The second-order valence-electron chi connectivity index (χ2n) is 5.30. The number of benzene rings is 1. The van der Waals surface area contributed by atoms with E-state index in [9.17, 15) is 4.79 Å². The van der Waals surface area contributed by atoms with Gasteiger partial charge in [-0.15, -0.1) is 0 Å². The van der Waals surface area contributed by atoms with Crippen LogP contribution in [0.4, 0.5) is 10.8 Å². The monoisotopic (exact) mass is 311 g/mol. The van der Waals surface area contributed by atoms with Crippen LogP contribution in [0.15, 0.2) is 18.2 Å². The number of aromatic carboxylic acids is 1. The Morgan fingerprint density at radius 2 is 2.10 bits per heavy atom. The van der Waals surface area contributed by atoms with Crippen LogP contribution < -0.4 is 5.32 Å². The Labute approximate surface area is 125 Å². The molecule has 1 aromatic carbocycles. The van der Waals surface area contributed by atoms with Crippen molar-refractivity contribution < 1.29 is 9.90 Å². The van der Waals surface area contributed by atoms with E-state index in [-0.39, 0.29) is 16.0 Å². The number of rotatable bonds is 3. The third kappa shape index (κ3) is 3.26. The first-order valence-corrected chi connectivity index (χ1v) is 7.06. The van der Waals surface area contributed by atoms with Crippen LogP contribution in [-0.2, 0) is 5.41 Å². The first kappa shape index (κ1) is 14.7. The van der Waals surface area contributed by atoms with Crippen LogP contribution in [-0.4, -0.2) is 20.4 Å². The lowest BCUT2D eigenvalue weighted by molar-refractivity contribution is 0.0697. The Hall–Kier alpha value is -1.66. The number of nitrogens with zero attached hydrogens (tertiary/aromatic N) is 2. The average molecular weight is 312 g/mol. The van der Waals surface area contributed by atoms with Crippen molar-refractivity contribution in [3.63, 3.8) is 0 Å². The van der Waals surface area contributed by atoms with Crippen LogP contribution in [0.2, 0.25) is 5.02 Å². The zero-order chi connectivity index (χ0) is 14.9. The standard InChI is InChI=1S/C13H14ClN3O2S/c1-13(2,3)11-16-12(20-17-11)15-7-4-5-8(10(18)19)9(14)6-7/h4-6H,1-3H3,(H,18,19)(H,15,16,17). The molecule has 0 amide bonds. The summed E-state index contributed by atoms with van der Waals surface area (Å²) < 4.78 is 4.29. The zero-order valence-corrected chi connectivity index (χ0v) is 12.8. The Balaban J connectivity index is 2.20. The summed E-state index contributed by atoms with van der Waals surface area (Å²) in [5, 5.41) is 12.8. The van der Waals surface area contributed by atoms with Crippen molar-refractivity contribution in [1.29, 1.82) is 0 Å². The van der Waals surface area contributed by atoms with Gasteiger partial charge < -0.3 is 10.4 Å². The number of hydrogen-bond acceptors (Lipinski definition) is 5. The summed E-state index contributed by atoms with van der Waals surface area (Å²) in [5.74, 6) is -0.286. The Morgan fingerprint density at radius 1 is 1.40 bits per heavy atom. The quantitative estimate of drug-likeness (QED) is 0.898. The number of nitrogens with one attached hydrogen (secondary N) is 1. The molecule has 0 saturated heterocycles. The fourth-order valence-electron chi connectivity index (χ4n) is 1.47. The molecule has 0 bridgehead atoms. The summed E-state index contributed by atoms with van der Waals surface area (Å²) in [5.41, 5.74) is 0.641. The summed E-state index contributed by atoms with van der Waals surface area (Å²) in [6, 6.07) is 4.66. The van der Waals surface area contributed by atoms with Crippen molar-refractivity contribution in [3.8, 4) is 0 Å². The summed E-state index contributed by atoms with van der Waals surface area (Å²) in [6.45, 7) is 6.12. The van der Waals surface area contributed by atoms with Gasteiger partial charge >= 0.3 is 5.97 Å². The molecule has 0 radical (unpaired) electrons. The van der Waals surface area contributed by atoms with E-state index < -0.39 is 5.97 Å². The topological polar surface area (TPSA) is 75.1 Å². The van der Waals surface area contributed by atoms with Gasteiger partial charge in [0.15, 0.2) is 0 Å². The van der Waals surface area contributed by atoms with Gasteiger partial charge in [0.2, 0.25) is 5.13 Å². The third-order valence-electron chi connectivity index (χ3n) is 2.55. The molecule has 5 nitrogen and oxygen atoms in total. The van der Waals surface area contributed by atoms with E-state index >= 15 is 0 Å². The van der Waals surface area contributed by atoms with E-state index in [0.717, 1.165) is 5.82 Å². The first-order chi connectivity index (χ1) is 9.27. The van der Waals surface area contributed by atoms with E-state index in [2.05, 4.69) is 14.7 Å². The molecule has 0 saturated carbocycles. The van der Waals surface area contributed by atoms with Crippen LogP contribution >= 0.6 is 23.1 Å². The highest BCUT2D eigenvalue weighted by molar-refractivity contribution is 7.09. The van der Waals surface area contributed by atoms with Crippen molar-refractivity contribution in [3.05, 3.63) is 34.6 Å². The third-order valence-corrected chi connectivity index (χ3v) is 3.49. The number of aromatic nitrogens is 2. The summed E-state index contributed by atoms with van der Waals surface area (Å²) in [6.07, 6.45) is 0. The minimum absolute atomic E-state index is 0.0739. The minimum Gasteiger partial charge on any atom is -0.478 e. The second-order valence-corrected chi connectivity index (χ2v) is 6.46. The molecule has 0 fully saturated rings. The fourth-order valence-corrected chi connectivity index (χ4v) is 2.51. The first-order valence-electron chi connectivity index (χ1n) is 5.91. The van der Waals surface area contributed by atoms with Gasteiger partial charge in [-0.2, -0.15) is 4.37 Å². The van der Waals surface area contributed by atoms with Crippen LogP contribution in [0.25, 0.3) is 0 Å². The minimum atomic E-state index is -1.05. The molecule has 2 aromatic rings. The van der Waals surface area contributed by atoms with Gasteiger partial charge in [-0.1, -0.05) is 32.4 Å². The van der Waals surface area contributed by atoms with Gasteiger partial charge in [0.05, 0.1) is 10.6 Å². The van der Waals surface area contributed by atoms with Crippen molar-refractivity contribution in [2.45, 2.75) is 26.2 Å². The fraction of sp³-hybridized carbons (Fsp3) is 0.308. The highest BCUT2D eigenvalue weighted by Gasteiger charge is 2.19. The van der Waals surface area contributed by atoms with Crippen molar-refractivity contribution in [2.24, 2.45) is 0 Å². The van der Waals surface area contributed by atoms with Crippen LogP contribution in [0.1, 0.15) is 37.0 Å². The smallest absolute Gasteiger partial charge is 0.337 e. The number of carboxylic acids is 1. The molecule has 0 aliphatic carbocycles. The van der Waals surface area contributed by atoms with Crippen molar-refractivity contribution in [2.75, 3.05) is 5.32 Å². The Kier molecular flexibility index (Phi) is 3.96. The molecule has 2 rings (SSSR count). The Bertz CT molecular complexity index is 649. The molecule has 0 aliphatic rings. The number of halogens is 1. The predicted octanol–water partition coefficient (Wildman–Crippen LogP) is 3.93. The molecule has 20 heavy (non-hydrogen) atoms.